The molecule has 2 aromatic carbocycles. The van der Waals surface area contributed by atoms with Gasteiger partial charge in [0.2, 0.25) is 0 Å². The number of benzene rings is 2. The lowest BCUT2D eigenvalue weighted by Crippen LogP contribution is -2.41. The van der Waals surface area contributed by atoms with Gasteiger partial charge in [0, 0.05) is 31.2 Å². The molecule has 186 valence electrons. The predicted octanol–water partition coefficient (Wildman–Crippen LogP) is 4.70. The fourth-order valence-corrected chi connectivity index (χ4v) is 4.43. The van der Waals surface area contributed by atoms with Crippen LogP contribution in [0.3, 0.4) is 0 Å². The number of nitrogens with zero attached hydrogens (tertiary/aromatic N) is 4. The molecule has 0 spiro atoms. The van der Waals surface area contributed by atoms with Gasteiger partial charge in [0.25, 0.3) is 0 Å². The van der Waals surface area contributed by atoms with Gasteiger partial charge in [0.05, 0.1) is 13.2 Å². The first-order chi connectivity index (χ1) is 17.1. The third-order valence-corrected chi connectivity index (χ3v) is 6.46. The number of aromatic nitrogens is 3. The standard InChI is InChI=1S/C27H35N5O3/c1-3-5-19-35-24-13-11-23(12-14-24)28-26(33)30-17-15-22(16-18-30)25-29-32(27(34)31(25)4-2)20-21-9-7-6-8-10-21/h6-14,22H,3-5,15-20H2,1-2H3,(H,28,33). The molecule has 0 bridgehead atoms. The molecule has 1 aliphatic heterocycles. The minimum Gasteiger partial charge on any atom is -0.494 e. The Bertz CT molecular complexity index is 1150. The highest BCUT2D eigenvalue weighted by Gasteiger charge is 2.28. The van der Waals surface area contributed by atoms with Gasteiger partial charge >= 0.3 is 11.7 Å². The van der Waals surface area contributed by atoms with Gasteiger partial charge in [0.1, 0.15) is 11.6 Å². The highest BCUT2D eigenvalue weighted by atomic mass is 16.5. The molecule has 0 aliphatic carbocycles. The summed E-state index contributed by atoms with van der Waals surface area (Å²) in [6, 6.07) is 17.3. The average Bonchev–Trinajstić information content (AvgIpc) is 3.20. The molecule has 0 saturated carbocycles. The van der Waals surface area contributed by atoms with Crippen molar-refractivity contribution < 1.29 is 9.53 Å². The highest BCUT2D eigenvalue weighted by Crippen LogP contribution is 2.27. The number of anilines is 1. The molecule has 2 amide bonds. The maximum atomic E-state index is 12.9. The smallest absolute Gasteiger partial charge is 0.346 e. The number of amides is 2. The fourth-order valence-electron chi connectivity index (χ4n) is 4.43. The minimum absolute atomic E-state index is 0.0753. The topological polar surface area (TPSA) is 81.4 Å². The van der Waals surface area contributed by atoms with E-state index in [1.165, 1.54) is 0 Å². The summed E-state index contributed by atoms with van der Waals surface area (Å²) < 4.78 is 9.01. The molecular weight excluding hydrogens is 442 g/mol. The van der Waals surface area contributed by atoms with E-state index in [-0.39, 0.29) is 17.6 Å². The second-order valence-corrected chi connectivity index (χ2v) is 8.95. The number of ether oxygens (including phenoxy) is 1. The molecule has 1 N–H and O–H groups in total. The molecule has 0 unspecified atom stereocenters. The van der Waals surface area contributed by atoms with Crippen LogP contribution in [0.1, 0.15) is 56.8 Å². The van der Waals surface area contributed by atoms with Gasteiger partial charge in [-0.3, -0.25) is 4.57 Å². The lowest BCUT2D eigenvalue weighted by Gasteiger charge is -2.31. The molecule has 1 fully saturated rings. The number of carbonyl (C=O) groups is 1. The van der Waals surface area contributed by atoms with Crippen LogP contribution in [0.25, 0.3) is 0 Å². The van der Waals surface area contributed by atoms with Crippen molar-refractivity contribution in [1.82, 2.24) is 19.2 Å². The summed E-state index contributed by atoms with van der Waals surface area (Å²) in [4.78, 5) is 27.6. The van der Waals surface area contributed by atoms with E-state index >= 15 is 0 Å². The van der Waals surface area contributed by atoms with Gasteiger partial charge in [-0.1, -0.05) is 43.7 Å². The zero-order valence-electron chi connectivity index (χ0n) is 20.7. The van der Waals surface area contributed by atoms with Gasteiger partial charge in [-0.2, -0.15) is 5.10 Å². The van der Waals surface area contributed by atoms with Crippen LogP contribution in [0.15, 0.2) is 59.4 Å². The van der Waals surface area contributed by atoms with Crippen molar-refractivity contribution in [2.24, 2.45) is 0 Å². The summed E-state index contributed by atoms with van der Waals surface area (Å²) in [6.07, 6.45) is 3.67. The van der Waals surface area contributed by atoms with E-state index in [0.29, 0.717) is 32.8 Å². The maximum absolute atomic E-state index is 12.9. The first kappa shape index (κ1) is 24.6. The van der Waals surface area contributed by atoms with Crippen molar-refractivity contribution in [1.29, 1.82) is 0 Å². The molecule has 0 atom stereocenters. The summed E-state index contributed by atoms with van der Waals surface area (Å²) in [5.74, 6) is 1.79. The number of piperidine rings is 1. The third-order valence-electron chi connectivity index (χ3n) is 6.46. The van der Waals surface area contributed by atoms with E-state index in [1.54, 1.807) is 9.25 Å². The van der Waals surface area contributed by atoms with Crippen LogP contribution < -0.4 is 15.7 Å². The van der Waals surface area contributed by atoms with Crippen LogP contribution in [0.5, 0.6) is 5.75 Å². The Morgan fingerprint density at radius 2 is 1.77 bits per heavy atom. The number of nitrogens with one attached hydrogen (secondary N) is 1. The number of hydrogen-bond acceptors (Lipinski definition) is 4. The molecule has 2 heterocycles. The molecule has 1 saturated heterocycles. The van der Waals surface area contributed by atoms with Crippen LogP contribution in [0.2, 0.25) is 0 Å². The quantitative estimate of drug-likeness (QED) is 0.453. The SMILES string of the molecule is CCCCOc1ccc(NC(=O)N2CCC(c3nn(Cc4ccccc4)c(=O)n3CC)CC2)cc1. The number of rotatable bonds is 9. The Labute approximate surface area is 206 Å². The van der Waals surface area contributed by atoms with Crippen molar-refractivity contribution in [3.63, 3.8) is 0 Å². The van der Waals surface area contributed by atoms with Crippen LogP contribution >= 0.6 is 0 Å². The summed E-state index contributed by atoms with van der Waals surface area (Å²) in [5.41, 5.74) is 1.72. The molecule has 1 aromatic heterocycles. The molecule has 0 radical (unpaired) electrons. The van der Waals surface area contributed by atoms with E-state index in [9.17, 15) is 9.59 Å². The number of carbonyl (C=O) groups excluding carboxylic acids is 1. The van der Waals surface area contributed by atoms with Crippen molar-refractivity contribution in [3.05, 3.63) is 76.5 Å². The van der Waals surface area contributed by atoms with Crippen molar-refractivity contribution in [2.45, 2.75) is 58.5 Å². The minimum atomic E-state index is -0.106. The lowest BCUT2D eigenvalue weighted by molar-refractivity contribution is 0.192. The van der Waals surface area contributed by atoms with Gasteiger partial charge in [-0.25, -0.2) is 14.3 Å². The summed E-state index contributed by atoms with van der Waals surface area (Å²) in [7, 11) is 0. The van der Waals surface area contributed by atoms with Gasteiger partial charge in [-0.15, -0.1) is 0 Å². The zero-order chi connectivity index (χ0) is 24.6. The van der Waals surface area contributed by atoms with Crippen LogP contribution in [0, 0.1) is 0 Å². The molecular formula is C27H35N5O3. The fraction of sp³-hybridized carbons (Fsp3) is 0.444. The van der Waals surface area contributed by atoms with Crippen LogP contribution in [-0.4, -0.2) is 45.0 Å². The molecule has 8 heteroatoms. The largest absolute Gasteiger partial charge is 0.494 e. The Morgan fingerprint density at radius 3 is 2.43 bits per heavy atom. The maximum Gasteiger partial charge on any atom is 0.346 e. The molecule has 4 rings (SSSR count). The summed E-state index contributed by atoms with van der Waals surface area (Å²) in [5, 5.41) is 7.69. The summed E-state index contributed by atoms with van der Waals surface area (Å²) in [6.45, 7) is 7.10. The van der Waals surface area contributed by atoms with E-state index in [0.717, 1.165) is 48.5 Å². The normalized spacial score (nSPS) is 14.2. The molecule has 3 aromatic rings. The first-order valence-electron chi connectivity index (χ1n) is 12.6. The Kier molecular flexibility index (Phi) is 8.23. The summed E-state index contributed by atoms with van der Waals surface area (Å²) >= 11 is 0. The number of unbranched alkanes of at least 4 members (excludes halogenated alkanes) is 1. The van der Waals surface area contributed by atoms with E-state index in [4.69, 9.17) is 9.84 Å². The van der Waals surface area contributed by atoms with E-state index in [1.807, 2.05) is 66.4 Å². The van der Waals surface area contributed by atoms with Crippen molar-refractivity contribution in [3.8, 4) is 5.75 Å². The second-order valence-electron chi connectivity index (χ2n) is 8.95. The Morgan fingerprint density at radius 1 is 1.06 bits per heavy atom. The average molecular weight is 478 g/mol. The second kappa shape index (κ2) is 11.7. The van der Waals surface area contributed by atoms with Crippen molar-refractivity contribution >= 4 is 11.7 Å². The van der Waals surface area contributed by atoms with E-state index in [2.05, 4.69) is 12.2 Å². The Balaban J connectivity index is 1.34. The monoisotopic (exact) mass is 477 g/mol. The molecule has 1 aliphatic rings. The number of hydrogen-bond donors (Lipinski definition) is 1. The van der Waals surface area contributed by atoms with Gasteiger partial charge < -0.3 is 15.0 Å². The Hall–Kier alpha value is -3.55. The van der Waals surface area contributed by atoms with Gasteiger partial charge in [-0.05, 0) is 56.0 Å². The number of urea groups is 1. The molecule has 35 heavy (non-hydrogen) atoms. The van der Waals surface area contributed by atoms with Crippen molar-refractivity contribution in [2.75, 3.05) is 25.0 Å². The van der Waals surface area contributed by atoms with Gasteiger partial charge in [0.15, 0.2) is 0 Å². The van der Waals surface area contributed by atoms with Crippen LogP contribution in [0.4, 0.5) is 10.5 Å². The highest BCUT2D eigenvalue weighted by molar-refractivity contribution is 5.89. The predicted molar refractivity (Wildman–Crippen MR) is 137 cm³/mol. The number of likely N-dealkylation sites (tertiary alicyclic amines) is 1. The zero-order valence-corrected chi connectivity index (χ0v) is 20.7. The molecule has 8 nitrogen and oxygen atoms in total. The first-order valence-corrected chi connectivity index (χ1v) is 12.6. The lowest BCUT2D eigenvalue weighted by atomic mass is 9.96. The van der Waals surface area contributed by atoms with Crippen LogP contribution in [-0.2, 0) is 13.1 Å². The van der Waals surface area contributed by atoms with E-state index < -0.39 is 0 Å². The third kappa shape index (κ3) is 6.12.